The van der Waals surface area contributed by atoms with Crippen LogP contribution in [0.5, 0.6) is 0 Å². The summed E-state index contributed by atoms with van der Waals surface area (Å²) >= 11 is 0. The van der Waals surface area contributed by atoms with Crippen molar-refractivity contribution in [3.8, 4) is 0 Å². The van der Waals surface area contributed by atoms with Crippen LogP contribution in [0, 0.1) is 17.6 Å². The quantitative estimate of drug-likeness (QED) is 0.235. The summed E-state index contributed by atoms with van der Waals surface area (Å²) in [5, 5.41) is 30.3. The topological polar surface area (TPSA) is 131 Å². The molecule has 11 heteroatoms. The first-order chi connectivity index (χ1) is 20.9. The molecule has 44 heavy (non-hydrogen) atoms. The molecule has 7 atom stereocenters. The number of β-amino-alcohol motifs (C(OH)–C–C–N with tert-alkyl or cyclic N) is 1. The largest absolute Gasteiger partial charge is 0.392 e. The van der Waals surface area contributed by atoms with E-state index in [4.69, 9.17) is 0 Å². The molecular formula is C33H44F2N4O5. The summed E-state index contributed by atoms with van der Waals surface area (Å²) in [6, 6.07) is 10.1. The van der Waals surface area contributed by atoms with E-state index in [-0.39, 0.29) is 55.6 Å². The van der Waals surface area contributed by atoms with Crippen molar-refractivity contribution in [1.29, 1.82) is 0 Å². The van der Waals surface area contributed by atoms with Crippen LogP contribution in [-0.2, 0) is 27.2 Å². The number of benzene rings is 2. The van der Waals surface area contributed by atoms with Gasteiger partial charge in [0, 0.05) is 32.1 Å². The molecule has 0 radical (unpaired) electrons. The molecule has 240 valence electrons. The van der Waals surface area contributed by atoms with E-state index in [1.165, 1.54) is 11.8 Å². The van der Waals surface area contributed by atoms with Crippen LogP contribution in [0.25, 0.3) is 0 Å². The van der Waals surface area contributed by atoms with E-state index < -0.39 is 53.4 Å². The van der Waals surface area contributed by atoms with Gasteiger partial charge in [-0.2, -0.15) is 0 Å². The molecule has 2 aromatic rings. The number of aliphatic hydroxyl groups is 2. The fourth-order valence-corrected chi connectivity index (χ4v) is 6.60. The van der Waals surface area contributed by atoms with Gasteiger partial charge in [0.05, 0.1) is 18.2 Å². The summed E-state index contributed by atoms with van der Waals surface area (Å²) in [7, 11) is 0. The van der Waals surface area contributed by atoms with Crippen molar-refractivity contribution in [2.24, 2.45) is 5.92 Å². The average Bonchev–Trinajstić information content (AvgIpc) is 3.55. The van der Waals surface area contributed by atoms with Gasteiger partial charge in [0.15, 0.2) is 0 Å². The first-order valence-electron chi connectivity index (χ1n) is 15.4. The monoisotopic (exact) mass is 614 g/mol. The van der Waals surface area contributed by atoms with Gasteiger partial charge >= 0.3 is 0 Å². The molecule has 1 unspecified atom stereocenters. The first-order valence-corrected chi connectivity index (χ1v) is 15.4. The Labute approximate surface area is 257 Å². The number of hydrogen-bond donors (Lipinski definition) is 5. The van der Waals surface area contributed by atoms with Gasteiger partial charge in [-0.15, -0.1) is 0 Å². The summed E-state index contributed by atoms with van der Waals surface area (Å²) in [5.41, 5.74) is 0.0706. The predicted molar refractivity (Wildman–Crippen MR) is 161 cm³/mol. The van der Waals surface area contributed by atoms with Crippen LogP contribution >= 0.6 is 0 Å². The van der Waals surface area contributed by atoms with E-state index in [2.05, 4.69) is 16.0 Å². The number of carbonyl (C=O) groups excluding carboxylic acids is 3. The summed E-state index contributed by atoms with van der Waals surface area (Å²) in [5.74, 6) is -2.92. The maximum Gasteiger partial charge on any atom is 0.249 e. The Morgan fingerprint density at radius 2 is 1.82 bits per heavy atom. The zero-order valence-electron chi connectivity index (χ0n) is 25.6. The zero-order chi connectivity index (χ0) is 32.0. The minimum absolute atomic E-state index is 0.0854. The van der Waals surface area contributed by atoms with Gasteiger partial charge in [-0.25, -0.2) is 8.78 Å². The molecule has 5 N–H and O–H groups in total. The predicted octanol–water partition coefficient (Wildman–Crippen LogP) is 2.23. The molecule has 0 aromatic heterocycles. The number of aliphatic hydroxyl groups excluding tert-OH is 2. The smallest absolute Gasteiger partial charge is 0.249 e. The zero-order valence-corrected chi connectivity index (χ0v) is 25.6. The van der Waals surface area contributed by atoms with Gasteiger partial charge in [-0.3, -0.25) is 14.4 Å². The Hall–Kier alpha value is -3.41. The van der Waals surface area contributed by atoms with Gasteiger partial charge in [-0.1, -0.05) is 50.6 Å². The highest BCUT2D eigenvalue weighted by molar-refractivity contribution is 5.96. The molecule has 2 aliphatic heterocycles. The summed E-state index contributed by atoms with van der Waals surface area (Å²) in [6.07, 6.45) is 0.00608. The van der Waals surface area contributed by atoms with E-state index in [1.807, 2.05) is 44.2 Å². The maximum atomic E-state index is 14.2. The Morgan fingerprint density at radius 3 is 2.41 bits per heavy atom. The number of likely N-dealkylation sites (tertiary alicyclic amines) is 1. The molecule has 4 rings (SSSR count). The van der Waals surface area contributed by atoms with Crippen LogP contribution in [0.15, 0.2) is 48.5 Å². The highest BCUT2D eigenvalue weighted by Crippen LogP contribution is 2.34. The number of amides is 3. The lowest BCUT2D eigenvalue weighted by Gasteiger charge is -2.36. The second kappa shape index (κ2) is 14.6. The van der Waals surface area contributed by atoms with Crippen molar-refractivity contribution in [3.05, 3.63) is 71.3 Å². The number of aryl methyl sites for hydroxylation is 1. The third-order valence-electron chi connectivity index (χ3n) is 9.14. The minimum Gasteiger partial charge on any atom is -0.392 e. The number of nitrogens with zero attached hydrogens (tertiary/aromatic N) is 1. The van der Waals surface area contributed by atoms with Crippen molar-refractivity contribution in [2.45, 2.75) is 95.2 Å². The molecule has 2 heterocycles. The highest BCUT2D eigenvalue weighted by atomic mass is 19.1. The maximum absolute atomic E-state index is 14.2. The van der Waals surface area contributed by atoms with E-state index >= 15 is 0 Å². The molecule has 9 nitrogen and oxygen atoms in total. The summed E-state index contributed by atoms with van der Waals surface area (Å²) in [4.78, 5) is 42.0. The molecule has 2 saturated heterocycles. The van der Waals surface area contributed by atoms with Crippen molar-refractivity contribution in [2.75, 3.05) is 13.1 Å². The third-order valence-corrected chi connectivity index (χ3v) is 9.14. The summed E-state index contributed by atoms with van der Waals surface area (Å²) in [6.45, 7) is 5.73. The molecule has 3 amide bonds. The molecule has 2 aliphatic rings. The minimum atomic E-state index is -1.20. The second-order valence-electron chi connectivity index (χ2n) is 12.2. The Bertz CT molecular complexity index is 1290. The molecule has 2 fully saturated rings. The van der Waals surface area contributed by atoms with Gasteiger partial charge in [-0.05, 0) is 61.3 Å². The van der Waals surface area contributed by atoms with Crippen LogP contribution in [-0.4, -0.2) is 81.8 Å². The van der Waals surface area contributed by atoms with Gasteiger partial charge in [0.1, 0.15) is 23.2 Å². The Balaban J connectivity index is 1.64. The lowest BCUT2D eigenvalue weighted by atomic mass is 9.81. The van der Waals surface area contributed by atoms with Gasteiger partial charge in [0.2, 0.25) is 17.7 Å². The highest BCUT2D eigenvalue weighted by Gasteiger charge is 2.53. The van der Waals surface area contributed by atoms with E-state index in [0.717, 1.165) is 23.8 Å². The van der Waals surface area contributed by atoms with Crippen LogP contribution in [0.2, 0.25) is 0 Å². The molecule has 0 spiro atoms. The number of hydrogen-bond acceptors (Lipinski definition) is 6. The first kappa shape index (κ1) is 33.5. The molecule has 2 aromatic carbocycles. The van der Waals surface area contributed by atoms with Gasteiger partial charge in [0.25, 0.3) is 0 Å². The lowest BCUT2D eigenvalue weighted by Crippen LogP contribution is -2.61. The van der Waals surface area contributed by atoms with E-state index in [0.29, 0.717) is 19.3 Å². The fourth-order valence-electron chi connectivity index (χ4n) is 6.60. The normalized spacial score (nSPS) is 24.5. The standard InChI is InChI=1S/C33H44F2N4O5/c1-4-20(2)33(38-21(3)40)12-13-39(32(33)44)29(11-10-22-8-6-5-7-9-22)31(43)37-28(30(42)27-18-26(41)19-36-27)16-23-14-24(34)17-25(35)15-23/h5-9,14-15,17,20,26-30,36,41-42H,4,10-13,16,18-19H2,1-3H3,(H,37,43)(H,38,40)/t20?,26-,27+,28-,29-,30+,33-/m0/s1. The molecule has 0 aliphatic carbocycles. The van der Waals surface area contributed by atoms with Crippen LogP contribution in [0.4, 0.5) is 8.78 Å². The van der Waals surface area contributed by atoms with E-state index in [9.17, 15) is 33.4 Å². The van der Waals surface area contributed by atoms with Crippen LogP contribution in [0.1, 0.15) is 57.6 Å². The number of nitrogens with one attached hydrogen (secondary N) is 3. The third kappa shape index (κ3) is 7.80. The average molecular weight is 615 g/mol. The van der Waals surface area contributed by atoms with Crippen molar-refractivity contribution in [3.63, 3.8) is 0 Å². The van der Waals surface area contributed by atoms with Crippen molar-refractivity contribution in [1.82, 2.24) is 20.9 Å². The lowest BCUT2D eigenvalue weighted by molar-refractivity contribution is -0.144. The van der Waals surface area contributed by atoms with Crippen molar-refractivity contribution >= 4 is 17.7 Å². The van der Waals surface area contributed by atoms with Gasteiger partial charge < -0.3 is 31.1 Å². The Morgan fingerprint density at radius 1 is 1.14 bits per heavy atom. The second-order valence-corrected chi connectivity index (χ2v) is 12.2. The van der Waals surface area contributed by atoms with Crippen molar-refractivity contribution < 1.29 is 33.4 Å². The van der Waals surface area contributed by atoms with Crippen LogP contribution in [0.3, 0.4) is 0 Å². The molecular weight excluding hydrogens is 570 g/mol. The van der Waals surface area contributed by atoms with Crippen LogP contribution < -0.4 is 16.0 Å². The number of rotatable bonds is 13. The SMILES string of the molecule is CCC(C)[C@@]1(NC(C)=O)CCN([C@@H](CCc2ccccc2)C(=O)N[C@@H](Cc2cc(F)cc(F)c2)[C@H](O)[C@H]2C[C@H](O)CN2)C1=O. The molecule has 0 bridgehead atoms. The number of carbonyl (C=O) groups is 3. The Kier molecular flexibility index (Phi) is 11.1. The van der Waals surface area contributed by atoms with E-state index in [1.54, 1.807) is 0 Å². The summed E-state index contributed by atoms with van der Waals surface area (Å²) < 4.78 is 28.2. The number of halogens is 2. The molecule has 0 saturated carbocycles. The fraction of sp³-hybridized carbons (Fsp3) is 0.545.